The number of carbonyl (C=O) groups is 2. The van der Waals surface area contributed by atoms with Crippen molar-refractivity contribution in [1.82, 2.24) is 0 Å². The summed E-state index contributed by atoms with van der Waals surface area (Å²) < 4.78 is 54.0. The maximum Gasteiger partial charge on any atom is 0.306 e. The van der Waals surface area contributed by atoms with Gasteiger partial charge in [0.05, 0.1) is 6.61 Å². The minimum absolute atomic E-state index is 0.100. The molecule has 0 aromatic rings. The highest BCUT2D eigenvalue weighted by molar-refractivity contribution is 7.85. The maximum atomic E-state index is 12.8. The highest BCUT2D eigenvalue weighted by Crippen LogP contribution is 2.24. The van der Waals surface area contributed by atoms with Gasteiger partial charge in [0.15, 0.2) is 12.4 Å². The second kappa shape index (κ2) is 37.4. The average molecular weight is 873 g/mol. The fraction of sp³-hybridized carbons (Fsp3) is 0.830. The monoisotopic (exact) mass is 873 g/mol. The molecule has 13 heteroatoms. The molecule has 60 heavy (non-hydrogen) atoms. The van der Waals surface area contributed by atoms with E-state index in [0.29, 0.717) is 19.3 Å². The van der Waals surface area contributed by atoms with Crippen LogP contribution in [-0.2, 0) is 38.7 Å². The fourth-order valence-corrected chi connectivity index (χ4v) is 7.70. The SMILES string of the molecule is CCCCCC/C=C/CCCCCCCCCC(=O)OC[C@H](CO[C@H]1O[C@H](CS(=O)(=O)O)[C@@H](O)C(O)C1O)OC(=O)CCC/C=C/C/C=C/CCCCCCCCCCC. The van der Waals surface area contributed by atoms with E-state index in [2.05, 4.69) is 44.2 Å². The van der Waals surface area contributed by atoms with Crippen LogP contribution in [0.4, 0.5) is 0 Å². The number of hydrogen-bond acceptors (Lipinski definition) is 11. The van der Waals surface area contributed by atoms with Gasteiger partial charge in [0.2, 0.25) is 0 Å². The first-order valence-electron chi connectivity index (χ1n) is 23.5. The summed E-state index contributed by atoms with van der Waals surface area (Å²) in [4.78, 5) is 25.4. The summed E-state index contributed by atoms with van der Waals surface area (Å²) in [7, 11) is -4.61. The van der Waals surface area contributed by atoms with Gasteiger partial charge in [-0.1, -0.05) is 153 Å². The number of aliphatic hydroxyl groups excluding tert-OH is 3. The molecular weight excluding hydrogens is 789 g/mol. The van der Waals surface area contributed by atoms with E-state index < -0.39 is 71.2 Å². The van der Waals surface area contributed by atoms with Crippen molar-refractivity contribution >= 4 is 22.1 Å². The van der Waals surface area contributed by atoms with E-state index in [1.807, 2.05) is 6.08 Å². The number of carbonyl (C=O) groups excluding carboxylic acids is 2. The average Bonchev–Trinajstić information content (AvgIpc) is 3.21. The normalized spacial score (nSPS) is 20.4. The summed E-state index contributed by atoms with van der Waals surface area (Å²) in [6.45, 7) is 3.71. The molecule has 1 aliphatic rings. The van der Waals surface area contributed by atoms with Gasteiger partial charge in [-0.3, -0.25) is 14.1 Å². The predicted molar refractivity (Wildman–Crippen MR) is 238 cm³/mol. The first-order valence-corrected chi connectivity index (χ1v) is 25.2. The molecule has 0 amide bonds. The predicted octanol–water partition coefficient (Wildman–Crippen LogP) is 9.78. The van der Waals surface area contributed by atoms with Crippen molar-refractivity contribution in [3.05, 3.63) is 36.5 Å². The molecule has 1 rings (SSSR count). The molecule has 1 aliphatic heterocycles. The van der Waals surface area contributed by atoms with Gasteiger partial charge in [-0.15, -0.1) is 0 Å². The molecule has 1 heterocycles. The van der Waals surface area contributed by atoms with Crippen LogP contribution in [0.5, 0.6) is 0 Å². The highest BCUT2D eigenvalue weighted by atomic mass is 32.2. The van der Waals surface area contributed by atoms with Crippen molar-refractivity contribution in [1.29, 1.82) is 0 Å². The molecule has 12 nitrogen and oxygen atoms in total. The molecule has 1 fully saturated rings. The Morgan fingerprint density at radius 3 is 1.55 bits per heavy atom. The van der Waals surface area contributed by atoms with Crippen LogP contribution >= 0.6 is 0 Å². The largest absolute Gasteiger partial charge is 0.462 e. The van der Waals surface area contributed by atoms with Crippen molar-refractivity contribution < 1.29 is 56.8 Å². The van der Waals surface area contributed by atoms with Gasteiger partial charge in [-0.25, -0.2) is 0 Å². The van der Waals surface area contributed by atoms with Crippen LogP contribution in [0.25, 0.3) is 0 Å². The van der Waals surface area contributed by atoms with Crippen molar-refractivity contribution in [2.24, 2.45) is 0 Å². The fourth-order valence-electron chi connectivity index (χ4n) is 7.00. The minimum Gasteiger partial charge on any atom is -0.462 e. The number of ether oxygens (including phenoxy) is 4. The zero-order chi connectivity index (χ0) is 44.1. The first-order chi connectivity index (χ1) is 29.0. The van der Waals surface area contributed by atoms with E-state index in [-0.39, 0.29) is 19.4 Å². The van der Waals surface area contributed by atoms with Crippen molar-refractivity contribution in [2.45, 2.75) is 230 Å². The van der Waals surface area contributed by atoms with Gasteiger partial charge in [0.1, 0.15) is 36.8 Å². The quantitative estimate of drug-likeness (QED) is 0.0199. The standard InChI is InChI=1S/C47H84O12S/c1-3-5-7-9-11-13-15-17-19-20-22-24-26-28-30-32-34-36-43(49)58-40(38-57-47-46(52)45(51)44(50)41(59-47)39-60(53,54)55)37-56-42(48)35-33-31-29-27-25-23-21-18-16-14-12-10-8-6-4-2/h14,16,22,24,28,30,40-41,44-47,50-52H,3-13,15,17-21,23,25-27,29,31-39H2,1-2H3,(H,53,54,55)/b16-14+,24-22+,30-28+/t40-,41-,44-,45?,46?,47+/m1/s1. The van der Waals surface area contributed by atoms with Crippen molar-refractivity contribution in [3.8, 4) is 0 Å². The van der Waals surface area contributed by atoms with Gasteiger partial charge in [0.25, 0.3) is 10.1 Å². The summed E-state index contributed by atoms with van der Waals surface area (Å²) in [5.41, 5.74) is 0. The Hall–Kier alpha value is -2.13. The van der Waals surface area contributed by atoms with Gasteiger partial charge in [0, 0.05) is 12.8 Å². The number of aliphatic hydroxyl groups is 3. The summed E-state index contributed by atoms with van der Waals surface area (Å²) in [6, 6.07) is 0. The van der Waals surface area contributed by atoms with E-state index >= 15 is 0 Å². The molecule has 0 bridgehead atoms. The van der Waals surface area contributed by atoms with Gasteiger partial charge in [-0.2, -0.15) is 8.42 Å². The number of unbranched alkanes of at least 4 members (excludes halogenated alkanes) is 21. The lowest BCUT2D eigenvalue weighted by Gasteiger charge is -2.40. The molecule has 0 aliphatic carbocycles. The molecule has 2 unspecified atom stereocenters. The molecule has 0 radical (unpaired) electrons. The van der Waals surface area contributed by atoms with Crippen molar-refractivity contribution in [2.75, 3.05) is 19.0 Å². The first kappa shape index (κ1) is 55.9. The van der Waals surface area contributed by atoms with Crippen LogP contribution in [0.2, 0.25) is 0 Å². The van der Waals surface area contributed by atoms with Crippen LogP contribution in [0.15, 0.2) is 36.5 Å². The van der Waals surface area contributed by atoms with Crippen LogP contribution in [0.3, 0.4) is 0 Å². The smallest absolute Gasteiger partial charge is 0.306 e. The third-order valence-electron chi connectivity index (χ3n) is 10.7. The van der Waals surface area contributed by atoms with E-state index in [0.717, 1.165) is 38.5 Å². The van der Waals surface area contributed by atoms with Crippen LogP contribution in [0, 0.1) is 0 Å². The molecule has 0 aromatic heterocycles. The number of allylic oxidation sites excluding steroid dienone is 6. The molecule has 6 atom stereocenters. The van der Waals surface area contributed by atoms with Gasteiger partial charge >= 0.3 is 11.9 Å². The van der Waals surface area contributed by atoms with Crippen molar-refractivity contribution in [3.63, 3.8) is 0 Å². The topological polar surface area (TPSA) is 186 Å². The lowest BCUT2D eigenvalue weighted by molar-refractivity contribution is -0.297. The lowest BCUT2D eigenvalue weighted by atomic mass is 10.00. The Labute approximate surface area is 363 Å². The van der Waals surface area contributed by atoms with Crippen LogP contribution in [-0.4, -0.2) is 96.0 Å². The third kappa shape index (κ3) is 31.7. The van der Waals surface area contributed by atoms with Gasteiger partial charge in [-0.05, 0) is 64.2 Å². The Bertz CT molecular complexity index is 1250. The zero-order valence-corrected chi connectivity index (χ0v) is 38.1. The molecule has 0 aromatic carbocycles. The van der Waals surface area contributed by atoms with E-state index in [1.54, 1.807) is 0 Å². The molecule has 4 N–H and O–H groups in total. The molecule has 350 valence electrons. The highest BCUT2D eigenvalue weighted by Gasteiger charge is 2.46. The van der Waals surface area contributed by atoms with Crippen LogP contribution < -0.4 is 0 Å². The Balaban J connectivity index is 2.46. The molecule has 0 spiro atoms. The summed E-state index contributed by atoms with van der Waals surface area (Å²) in [5.74, 6) is -2.04. The number of esters is 2. The summed E-state index contributed by atoms with van der Waals surface area (Å²) in [6.07, 6.45) is 33.4. The second-order valence-electron chi connectivity index (χ2n) is 16.4. The third-order valence-corrected chi connectivity index (χ3v) is 11.4. The molecular formula is C47H84O12S. The number of rotatable bonds is 39. The zero-order valence-electron chi connectivity index (χ0n) is 37.3. The Kier molecular flexibility index (Phi) is 34.9. The second-order valence-corrected chi connectivity index (χ2v) is 17.9. The number of hydrogen-bond donors (Lipinski definition) is 4. The summed E-state index contributed by atoms with van der Waals surface area (Å²) in [5, 5.41) is 30.9. The van der Waals surface area contributed by atoms with E-state index in [4.69, 9.17) is 18.9 Å². The Morgan fingerprint density at radius 2 is 1.02 bits per heavy atom. The van der Waals surface area contributed by atoms with E-state index in [1.165, 1.54) is 109 Å². The maximum absolute atomic E-state index is 12.8. The molecule has 1 saturated heterocycles. The molecule has 0 saturated carbocycles. The van der Waals surface area contributed by atoms with E-state index in [9.17, 15) is 37.9 Å². The lowest BCUT2D eigenvalue weighted by Crippen LogP contribution is -2.60. The minimum atomic E-state index is -4.61. The van der Waals surface area contributed by atoms with Crippen LogP contribution in [0.1, 0.15) is 194 Å². The van der Waals surface area contributed by atoms with Gasteiger partial charge < -0.3 is 34.3 Å². The summed E-state index contributed by atoms with van der Waals surface area (Å²) >= 11 is 0. The Morgan fingerprint density at radius 1 is 0.567 bits per heavy atom.